The van der Waals surface area contributed by atoms with E-state index in [1.54, 1.807) is 0 Å². The number of benzene rings is 1. The second-order valence-electron chi connectivity index (χ2n) is 4.25. The molecule has 1 aliphatic heterocycles. The van der Waals surface area contributed by atoms with Gasteiger partial charge in [-0.1, -0.05) is 31.9 Å². The summed E-state index contributed by atoms with van der Waals surface area (Å²) in [6.07, 6.45) is 2.22. The Morgan fingerprint density at radius 1 is 1.29 bits per heavy atom. The summed E-state index contributed by atoms with van der Waals surface area (Å²) in [5, 5.41) is 0.815. The summed E-state index contributed by atoms with van der Waals surface area (Å²) < 4.78 is 12.3. The highest BCUT2D eigenvalue weighted by Gasteiger charge is 2.15. The molecule has 0 amide bonds. The number of rotatable bonds is 4. The van der Waals surface area contributed by atoms with Gasteiger partial charge in [0.2, 0.25) is 0 Å². The van der Waals surface area contributed by atoms with Gasteiger partial charge in [0.25, 0.3) is 0 Å². The van der Waals surface area contributed by atoms with Crippen LogP contribution >= 0.6 is 31.9 Å². The van der Waals surface area contributed by atoms with E-state index in [1.165, 1.54) is 5.56 Å². The van der Waals surface area contributed by atoms with E-state index in [4.69, 9.17) is 9.47 Å². The first-order valence-electron chi connectivity index (χ1n) is 5.84. The van der Waals surface area contributed by atoms with Gasteiger partial charge in [-0.05, 0) is 37.0 Å². The third-order valence-corrected chi connectivity index (χ3v) is 4.08. The Kier molecular flexibility index (Phi) is 5.32. The molecule has 17 heavy (non-hydrogen) atoms. The Hall–Kier alpha value is -0.0600. The number of halogens is 2. The van der Waals surface area contributed by atoms with Gasteiger partial charge in [0, 0.05) is 28.6 Å². The van der Waals surface area contributed by atoms with E-state index in [1.807, 2.05) is 12.1 Å². The predicted octanol–water partition coefficient (Wildman–Crippen LogP) is 4.15. The molecule has 0 aliphatic carbocycles. The molecule has 0 N–H and O–H groups in total. The van der Waals surface area contributed by atoms with Crippen LogP contribution in [0.2, 0.25) is 0 Å². The van der Waals surface area contributed by atoms with Gasteiger partial charge in [-0.25, -0.2) is 0 Å². The van der Waals surface area contributed by atoms with Gasteiger partial charge in [0.1, 0.15) is 5.75 Å². The third-order valence-electron chi connectivity index (χ3n) is 2.98. The number of hydrogen-bond donors (Lipinski definition) is 0. The Balaban J connectivity index is 1.93. The minimum Gasteiger partial charge on any atom is -0.493 e. The standard InChI is InChI=1S/C13H16Br2O2/c14-8-11-7-12(15)1-2-13(11)17-9-10-3-5-16-6-4-10/h1-2,7,10H,3-6,8-9H2. The van der Waals surface area contributed by atoms with Crippen LogP contribution in [0.15, 0.2) is 22.7 Å². The van der Waals surface area contributed by atoms with E-state index in [-0.39, 0.29) is 0 Å². The van der Waals surface area contributed by atoms with Gasteiger partial charge in [-0.15, -0.1) is 0 Å². The largest absolute Gasteiger partial charge is 0.493 e. The molecule has 0 spiro atoms. The van der Waals surface area contributed by atoms with Gasteiger partial charge in [0.05, 0.1) is 6.61 Å². The average molecular weight is 364 g/mol. The zero-order valence-electron chi connectivity index (χ0n) is 9.62. The van der Waals surface area contributed by atoms with Crippen molar-refractivity contribution in [1.29, 1.82) is 0 Å². The molecule has 1 fully saturated rings. The van der Waals surface area contributed by atoms with Crippen LogP contribution in [0, 0.1) is 5.92 Å². The Bertz CT molecular complexity index is 362. The fourth-order valence-corrected chi connectivity index (χ4v) is 2.76. The lowest BCUT2D eigenvalue weighted by atomic mass is 10.0. The van der Waals surface area contributed by atoms with Crippen molar-refractivity contribution in [1.82, 2.24) is 0 Å². The van der Waals surface area contributed by atoms with E-state index < -0.39 is 0 Å². The van der Waals surface area contributed by atoms with E-state index in [0.29, 0.717) is 5.92 Å². The van der Waals surface area contributed by atoms with Gasteiger partial charge in [-0.3, -0.25) is 0 Å². The Morgan fingerprint density at radius 2 is 2.06 bits per heavy atom. The molecule has 0 aromatic heterocycles. The van der Waals surface area contributed by atoms with Crippen molar-refractivity contribution >= 4 is 31.9 Å². The molecule has 1 aliphatic rings. The molecule has 0 bridgehead atoms. The first-order chi connectivity index (χ1) is 8.29. The van der Waals surface area contributed by atoms with Crippen LogP contribution in [0.1, 0.15) is 18.4 Å². The van der Waals surface area contributed by atoms with Gasteiger partial charge in [0.15, 0.2) is 0 Å². The van der Waals surface area contributed by atoms with E-state index in [9.17, 15) is 0 Å². The first-order valence-corrected chi connectivity index (χ1v) is 7.76. The summed E-state index contributed by atoms with van der Waals surface area (Å²) in [5.74, 6) is 1.62. The smallest absolute Gasteiger partial charge is 0.123 e. The molecule has 2 nitrogen and oxygen atoms in total. The molecule has 94 valence electrons. The van der Waals surface area contributed by atoms with Crippen molar-refractivity contribution < 1.29 is 9.47 Å². The highest BCUT2D eigenvalue weighted by atomic mass is 79.9. The Labute approximate surface area is 119 Å². The number of alkyl halides is 1. The van der Waals surface area contributed by atoms with Gasteiger partial charge >= 0.3 is 0 Å². The highest BCUT2D eigenvalue weighted by molar-refractivity contribution is 9.10. The van der Waals surface area contributed by atoms with Crippen LogP contribution in [0.3, 0.4) is 0 Å². The predicted molar refractivity (Wildman–Crippen MR) is 75.8 cm³/mol. The lowest BCUT2D eigenvalue weighted by Crippen LogP contribution is -2.21. The SMILES string of the molecule is BrCc1cc(Br)ccc1OCC1CCOCC1. The molecule has 4 heteroatoms. The summed E-state index contributed by atoms with van der Waals surface area (Å²) >= 11 is 6.96. The van der Waals surface area contributed by atoms with E-state index >= 15 is 0 Å². The minimum atomic E-state index is 0.635. The van der Waals surface area contributed by atoms with Crippen molar-refractivity contribution in [2.75, 3.05) is 19.8 Å². The first kappa shape index (κ1) is 13.4. The van der Waals surface area contributed by atoms with Crippen molar-refractivity contribution in [3.8, 4) is 5.75 Å². The van der Waals surface area contributed by atoms with Crippen molar-refractivity contribution in [3.63, 3.8) is 0 Å². The summed E-state index contributed by atoms with van der Waals surface area (Å²) in [4.78, 5) is 0. The maximum absolute atomic E-state index is 5.92. The lowest BCUT2D eigenvalue weighted by molar-refractivity contribution is 0.0496. The normalized spacial score (nSPS) is 17.1. The quantitative estimate of drug-likeness (QED) is 0.748. The van der Waals surface area contributed by atoms with Gasteiger partial charge < -0.3 is 9.47 Å². The molecule has 0 unspecified atom stereocenters. The van der Waals surface area contributed by atoms with Crippen molar-refractivity contribution in [2.24, 2.45) is 5.92 Å². The molecule has 1 aromatic carbocycles. The van der Waals surface area contributed by atoms with Crippen LogP contribution in [-0.2, 0) is 10.1 Å². The molecule has 1 saturated heterocycles. The molecule has 2 rings (SSSR count). The van der Waals surface area contributed by atoms with Crippen LogP contribution < -0.4 is 4.74 Å². The lowest BCUT2D eigenvalue weighted by Gasteiger charge is -2.22. The van der Waals surface area contributed by atoms with E-state index in [2.05, 4.69) is 37.9 Å². The molecular weight excluding hydrogens is 348 g/mol. The summed E-state index contributed by atoms with van der Waals surface area (Å²) in [5.41, 5.74) is 1.19. The number of ether oxygens (including phenoxy) is 2. The molecular formula is C13H16Br2O2. The zero-order valence-corrected chi connectivity index (χ0v) is 12.8. The fourth-order valence-electron chi connectivity index (χ4n) is 1.91. The Morgan fingerprint density at radius 3 is 2.76 bits per heavy atom. The second-order valence-corrected chi connectivity index (χ2v) is 5.73. The van der Waals surface area contributed by atoms with Crippen LogP contribution in [-0.4, -0.2) is 19.8 Å². The molecule has 1 heterocycles. The average Bonchev–Trinajstić information content (AvgIpc) is 2.38. The number of hydrogen-bond acceptors (Lipinski definition) is 2. The summed E-state index contributed by atoms with van der Waals surface area (Å²) in [6.45, 7) is 2.55. The molecule has 0 atom stereocenters. The van der Waals surface area contributed by atoms with E-state index in [0.717, 1.165) is 48.2 Å². The maximum Gasteiger partial charge on any atom is 0.123 e. The topological polar surface area (TPSA) is 18.5 Å². The summed E-state index contributed by atoms with van der Waals surface area (Å²) in [6, 6.07) is 6.14. The molecule has 1 aromatic rings. The zero-order chi connectivity index (χ0) is 12.1. The fraction of sp³-hybridized carbons (Fsp3) is 0.538. The molecule has 0 saturated carbocycles. The maximum atomic E-state index is 5.92. The van der Waals surface area contributed by atoms with Crippen LogP contribution in [0.25, 0.3) is 0 Å². The van der Waals surface area contributed by atoms with Crippen molar-refractivity contribution in [3.05, 3.63) is 28.2 Å². The summed E-state index contributed by atoms with van der Waals surface area (Å²) in [7, 11) is 0. The van der Waals surface area contributed by atoms with Crippen molar-refractivity contribution in [2.45, 2.75) is 18.2 Å². The van der Waals surface area contributed by atoms with Crippen LogP contribution in [0.4, 0.5) is 0 Å². The highest BCUT2D eigenvalue weighted by Crippen LogP contribution is 2.26. The van der Waals surface area contributed by atoms with Crippen LogP contribution in [0.5, 0.6) is 5.75 Å². The second kappa shape index (κ2) is 6.76. The van der Waals surface area contributed by atoms with Gasteiger partial charge in [-0.2, -0.15) is 0 Å². The molecule has 0 radical (unpaired) electrons. The minimum absolute atomic E-state index is 0.635. The third kappa shape index (κ3) is 3.97. The monoisotopic (exact) mass is 362 g/mol.